The van der Waals surface area contributed by atoms with E-state index in [1.165, 1.54) is 6.20 Å². The summed E-state index contributed by atoms with van der Waals surface area (Å²) < 4.78 is 5.80. The van der Waals surface area contributed by atoms with Crippen molar-refractivity contribution in [3.8, 4) is 0 Å². The van der Waals surface area contributed by atoms with Crippen molar-refractivity contribution in [2.24, 2.45) is 5.18 Å². The van der Waals surface area contributed by atoms with Gasteiger partial charge in [-0.3, -0.25) is 0 Å². The fraction of sp³-hybridized carbons (Fsp3) is 0.667. The number of hydrogen-bond acceptors (Lipinski definition) is 5. The molecular weight excluding hydrogens is 218 g/mol. The van der Waals surface area contributed by atoms with Crippen molar-refractivity contribution in [1.29, 1.82) is 0 Å². The summed E-state index contributed by atoms with van der Waals surface area (Å²) >= 11 is 0. The van der Waals surface area contributed by atoms with E-state index in [4.69, 9.17) is 4.74 Å². The van der Waals surface area contributed by atoms with E-state index in [0.717, 1.165) is 25.1 Å². The monoisotopic (exact) mass is 239 g/mol. The highest BCUT2D eigenvalue weighted by molar-refractivity contribution is 5.12. The van der Waals surface area contributed by atoms with E-state index in [1.807, 2.05) is 29.2 Å². The van der Waals surface area contributed by atoms with Crippen molar-refractivity contribution >= 4 is 0 Å². The second-order valence-corrected chi connectivity index (χ2v) is 4.09. The maximum absolute atomic E-state index is 10.3. The fourth-order valence-electron chi connectivity index (χ4n) is 1.77. The zero-order valence-electron chi connectivity index (χ0n) is 10.8. The van der Waals surface area contributed by atoms with Crippen LogP contribution in [0.4, 0.5) is 0 Å². The Morgan fingerprint density at radius 1 is 1.47 bits per heavy atom. The molecule has 96 valence electrons. The molecule has 0 bridgehead atoms. The third kappa shape index (κ3) is 3.85. The first-order valence-corrected chi connectivity index (χ1v) is 6.04. The number of nitrogens with zero attached hydrogens (tertiary/aromatic N) is 3. The smallest absolute Gasteiger partial charge is 0.136 e. The van der Waals surface area contributed by atoms with Crippen LogP contribution < -0.4 is 0 Å². The second kappa shape index (κ2) is 7.06. The highest BCUT2D eigenvalue weighted by Gasteiger charge is 2.18. The van der Waals surface area contributed by atoms with Crippen LogP contribution in [0, 0.1) is 4.91 Å². The van der Waals surface area contributed by atoms with Gasteiger partial charge in [0.05, 0.1) is 6.10 Å². The molecule has 0 amide bonds. The lowest BCUT2D eigenvalue weighted by molar-refractivity contribution is -0.00266. The number of nitroso groups, excluding NO2 is 1. The third-order valence-electron chi connectivity index (χ3n) is 2.81. The fourth-order valence-corrected chi connectivity index (χ4v) is 1.77. The van der Waals surface area contributed by atoms with Crippen LogP contribution in [0.2, 0.25) is 0 Å². The molecule has 1 rings (SSSR count). The summed E-state index contributed by atoms with van der Waals surface area (Å²) in [5, 5.41) is 2.81. The molecular formula is C12H21N3O2. The SMILES string of the molecule is CCCC(CC)OCN1C=CN(C)/C1=C/N=O. The molecule has 0 saturated carbocycles. The first-order chi connectivity index (χ1) is 8.22. The molecule has 1 atom stereocenters. The highest BCUT2D eigenvalue weighted by atomic mass is 16.5. The van der Waals surface area contributed by atoms with Gasteiger partial charge in [0, 0.05) is 19.4 Å². The van der Waals surface area contributed by atoms with Crippen LogP contribution in [-0.4, -0.2) is 29.7 Å². The number of ether oxygens (including phenoxy) is 1. The third-order valence-corrected chi connectivity index (χ3v) is 2.81. The predicted octanol–water partition coefficient (Wildman–Crippen LogP) is 2.82. The van der Waals surface area contributed by atoms with Crippen molar-refractivity contribution in [2.45, 2.75) is 39.2 Å². The summed E-state index contributed by atoms with van der Waals surface area (Å²) in [5.41, 5.74) is 0. The summed E-state index contributed by atoms with van der Waals surface area (Å²) in [7, 11) is 1.87. The average Bonchev–Trinajstić information content (AvgIpc) is 2.67. The Kier molecular flexibility index (Phi) is 5.69. The van der Waals surface area contributed by atoms with E-state index in [1.54, 1.807) is 0 Å². The molecule has 0 N–H and O–H groups in total. The molecule has 0 aromatic carbocycles. The zero-order valence-corrected chi connectivity index (χ0v) is 10.8. The van der Waals surface area contributed by atoms with Crippen LogP contribution in [0.15, 0.2) is 29.6 Å². The maximum Gasteiger partial charge on any atom is 0.136 e. The Bertz CT molecular complexity index is 302. The molecule has 0 aromatic rings. The van der Waals surface area contributed by atoms with Crippen LogP contribution in [0.25, 0.3) is 0 Å². The van der Waals surface area contributed by atoms with Crippen LogP contribution in [-0.2, 0) is 4.74 Å². The molecule has 1 unspecified atom stereocenters. The van der Waals surface area contributed by atoms with Crippen LogP contribution in [0.3, 0.4) is 0 Å². The van der Waals surface area contributed by atoms with Gasteiger partial charge in [0.1, 0.15) is 18.8 Å². The van der Waals surface area contributed by atoms with Gasteiger partial charge in [0.25, 0.3) is 0 Å². The molecule has 0 saturated heterocycles. The lowest BCUT2D eigenvalue weighted by Gasteiger charge is -2.23. The topological polar surface area (TPSA) is 45.1 Å². The molecule has 5 heteroatoms. The molecule has 0 aromatic heterocycles. The lowest BCUT2D eigenvalue weighted by Crippen LogP contribution is -2.26. The van der Waals surface area contributed by atoms with E-state index < -0.39 is 0 Å². The van der Waals surface area contributed by atoms with Gasteiger partial charge in [-0.15, -0.1) is 4.91 Å². The Morgan fingerprint density at radius 2 is 2.24 bits per heavy atom. The summed E-state index contributed by atoms with van der Waals surface area (Å²) in [4.78, 5) is 14.0. The van der Waals surface area contributed by atoms with E-state index in [-0.39, 0.29) is 6.10 Å². The highest BCUT2D eigenvalue weighted by Crippen LogP contribution is 2.18. The summed E-state index contributed by atoms with van der Waals surface area (Å²) in [6.45, 7) is 4.73. The molecule has 0 radical (unpaired) electrons. The van der Waals surface area contributed by atoms with Crippen LogP contribution in [0.5, 0.6) is 0 Å². The normalized spacial score (nSPS) is 19.1. The zero-order chi connectivity index (χ0) is 12.7. The first kappa shape index (κ1) is 13.7. The molecule has 1 aliphatic heterocycles. The Morgan fingerprint density at radius 3 is 2.82 bits per heavy atom. The van der Waals surface area contributed by atoms with Crippen molar-refractivity contribution in [2.75, 3.05) is 13.8 Å². The minimum absolute atomic E-state index is 0.282. The largest absolute Gasteiger partial charge is 0.358 e. The predicted molar refractivity (Wildman–Crippen MR) is 67.6 cm³/mol. The van der Waals surface area contributed by atoms with E-state index in [2.05, 4.69) is 19.0 Å². The molecule has 17 heavy (non-hydrogen) atoms. The Labute approximate surface area is 103 Å². The Balaban J connectivity index is 2.48. The summed E-state index contributed by atoms with van der Waals surface area (Å²) in [6.07, 6.45) is 8.53. The van der Waals surface area contributed by atoms with Gasteiger partial charge < -0.3 is 14.5 Å². The van der Waals surface area contributed by atoms with Crippen molar-refractivity contribution in [1.82, 2.24) is 9.80 Å². The van der Waals surface area contributed by atoms with E-state index in [0.29, 0.717) is 6.73 Å². The minimum Gasteiger partial charge on any atom is -0.358 e. The lowest BCUT2D eigenvalue weighted by atomic mass is 10.2. The molecule has 1 heterocycles. The minimum atomic E-state index is 0.282. The van der Waals surface area contributed by atoms with Gasteiger partial charge >= 0.3 is 0 Å². The molecule has 0 fully saturated rings. The second-order valence-electron chi connectivity index (χ2n) is 4.09. The summed E-state index contributed by atoms with van der Waals surface area (Å²) in [6, 6.07) is 0. The van der Waals surface area contributed by atoms with Gasteiger partial charge in [0.2, 0.25) is 0 Å². The summed E-state index contributed by atoms with van der Waals surface area (Å²) in [5.74, 6) is 0.742. The van der Waals surface area contributed by atoms with Crippen molar-refractivity contribution in [3.63, 3.8) is 0 Å². The quantitative estimate of drug-likeness (QED) is 0.641. The first-order valence-electron chi connectivity index (χ1n) is 6.04. The van der Waals surface area contributed by atoms with Crippen molar-refractivity contribution < 1.29 is 4.74 Å². The van der Waals surface area contributed by atoms with Gasteiger partial charge in [-0.2, -0.15) is 0 Å². The van der Waals surface area contributed by atoms with Crippen molar-refractivity contribution in [3.05, 3.63) is 29.3 Å². The standard InChI is InChI=1S/C12H21N3O2/c1-4-6-11(5-2)17-10-15-8-7-14(3)12(15)9-13-16/h7-9,11H,4-6,10H2,1-3H3/b12-9-. The van der Waals surface area contributed by atoms with Gasteiger partial charge in [0.15, 0.2) is 0 Å². The molecule has 1 aliphatic rings. The van der Waals surface area contributed by atoms with Gasteiger partial charge in [-0.05, 0) is 18.0 Å². The molecule has 0 aliphatic carbocycles. The van der Waals surface area contributed by atoms with Gasteiger partial charge in [-0.1, -0.05) is 20.3 Å². The van der Waals surface area contributed by atoms with Gasteiger partial charge in [-0.25, -0.2) is 0 Å². The maximum atomic E-state index is 10.3. The van der Waals surface area contributed by atoms with E-state index >= 15 is 0 Å². The van der Waals surface area contributed by atoms with E-state index in [9.17, 15) is 4.91 Å². The van der Waals surface area contributed by atoms with Crippen LogP contribution >= 0.6 is 0 Å². The number of rotatable bonds is 7. The number of hydrogen-bond donors (Lipinski definition) is 0. The molecule has 0 spiro atoms. The molecule has 5 nitrogen and oxygen atoms in total. The Hall–Kier alpha value is -1.36. The average molecular weight is 239 g/mol. The van der Waals surface area contributed by atoms with Crippen LogP contribution in [0.1, 0.15) is 33.1 Å².